The molecule has 0 spiro atoms. The first-order valence-corrected chi connectivity index (χ1v) is 14.3. The maximum absolute atomic E-state index is 17.0. The minimum atomic E-state index is -2.46. The lowest BCUT2D eigenvalue weighted by molar-refractivity contribution is -0.224. The van der Waals surface area contributed by atoms with Gasteiger partial charge in [0.15, 0.2) is 0 Å². The predicted molar refractivity (Wildman–Crippen MR) is 157 cm³/mol. The Morgan fingerprint density at radius 3 is 1.74 bits per heavy atom. The SMILES string of the molecule is CCCC1CCC(c2ccc(C3(F)Oc4ccc5ccccc5c4-c4c(ccc5ccccc45)O3)cc2)CC1. The topological polar surface area (TPSA) is 18.5 Å². The third-order valence-corrected chi connectivity index (χ3v) is 8.78. The molecule has 0 radical (unpaired) electrons. The standard InChI is InChI=1S/C36H33FO2/c1-2-7-24-12-14-25(15-13-24)26-16-20-29(21-17-26)36(37)38-32-22-18-27-8-3-5-10-30(27)34(32)35-31-11-6-4-9-28(31)19-23-33(35)39-36/h3-6,8-11,16-25H,2,7,12-15H2,1H3. The Morgan fingerprint density at radius 1 is 0.667 bits per heavy atom. The van der Waals surface area contributed by atoms with Gasteiger partial charge in [-0.3, -0.25) is 0 Å². The van der Waals surface area contributed by atoms with E-state index in [0.717, 1.165) is 38.6 Å². The zero-order valence-electron chi connectivity index (χ0n) is 22.3. The summed E-state index contributed by atoms with van der Waals surface area (Å²) >= 11 is 0. The number of hydrogen-bond acceptors (Lipinski definition) is 2. The quantitative estimate of drug-likeness (QED) is 0.237. The third kappa shape index (κ3) is 4.25. The summed E-state index contributed by atoms with van der Waals surface area (Å²) in [6.07, 6.45) is 7.58. The lowest BCUT2D eigenvalue weighted by Crippen LogP contribution is -2.34. The predicted octanol–water partition coefficient (Wildman–Crippen LogP) is 10.3. The van der Waals surface area contributed by atoms with E-state index in [-0.39, 0.29) is 0 Å². The average molecular weight is 517 g/mol. The van der Waals surface area contributed by atoms with Crippen molar-refractivity contribution in [1.29, 1.82) is 0 Å². The molecule has 5 aromatic carbocycles. The first kappa shape index (κ1) is 24.2. The smallest absolute Gasteiger partial charge is 0.422 e. The molecule has 0 amide bonds. The number of ether oxygens (including phenoxy) is 2. The van der Waals surface area contributed by atoms with Gasteiger partial charge in [0.05, 0.1) is 5.56 Å². The van der Waals surface area contributed by atoms with Crippen molar-refractivity contribution in [3.8, 4) is 22.6 Å². The van der Waals surface area contributed by atoms with Crippen LogP contribution in [-0.4, -0.2) is 0 Å². The summed E-state index contributed by atoms with van der Waals surface area (Å²) in [5.74, 6) is 2.35. The molecule has 1 aliphatic heterocycles. The van der Waals surface area contributed by atoms with Crippen LogP contribution in [0.5, 0.6) is 11.5 Å². The van der Waals surface area contributed by atoms with E-state index < -0.39 is 6.04 Å². The number of rotatable bonds is 4. The molecule has 0 N–H and O–H groups in total. The minimum absolute atomic E-state index is 0.367. The summed E-state index contributed by atoms with van der Waals surface area (Å²) in [5, 5.41) is 4.16. The van der Waals surface area contributed by atoms with Crippen molar-refractivity contribution in [2.75, 3.05) is 0 Å². The van der Waals surface area contributed by atoms with E-state index in [1.807, 2.05) is 60.7 Å². The molecular formula is C36H33FO2. The van der Waals surface area contributed by atoms with Crippen LogP contribution in [0.4, 0.5) is 4.39 Å². The van der Waals surface area contributed by atoms with Gasteiger partial charge >= 0.3 is 6.04 Å². The molecule has 0 saturated heterocycles. The molecule has 2 aliphatic rings. The highest BCUT2D eigenvalue weighted by atomic mass is 19.2. The number of hydrogen-bond donors (Lipinski definition) is 0. The van der Waals surface area contributed by atoms with Crippen molar-refractivity contribution >= 4 is 21.5 Å². The summed E-state index contributed by atoms with van der Waals surface area (Å²) in [7, 11) is 0. The highest BCUT2D eigenvalue weighted by Gasteiger charge is 2.42. The summed E-state index contributed by atoms with van der Waals surface area (Å²) in [5.41, 5.74) is 3.37. The van der Waals surface area contributed by atoms with Gasteiger partial charge in [0, 0.05) is 11.1 Å². The van der Waals surface area contributed by atoms with Gasteiger partial charge < -0.3 is 9.47 Å². The Hall–Kier alpha value is -3.85. The Labute approximate surface area is 229 Å². The molecule has 196 valence electrons. The van der Waals surface area contributed by atoms with E-state index in [9.17, 15) is 0 Å². The maximum atomic E-state index is 17.0. The molecule has 1 heterocycles. The van der Waals surface area contributed by atoms with Crippen LogP contribution in [0.15, 0.2) is 97.1 Å². The van der Waals surface area contributed by atoms with Crippen molar-refractivity contribution in [2.45, 2.75) is 57.4 Å². The van der Waals surface area contributed by atoms with Gasteiger partial charge in [-0.2, -0.15) is 4.39 Å². The van der Waals surface area contributed by atoms with Crippen LogP contribution in [0, 0.1) is 5.92 Å². The molecule has 39 heavy (non-hydrogen) atoms. The normalized spacial score (nSPS) is 19.9. The lowest BCUT2D eigenvalue weighted by atomic mass is 9.77. The average Bonchev–Trinajstić information content (AvgIpc) is 3.12. The van der Waals surface area contributed by atoms with Crippen LogP contribution < -0.4 is 9.47 Å². The highest BCUT2D eigenvalue weighted by Crippen LogP contribution is 2.51. The molecule has 0 aromatic heterocycles. The molecule has 0 unspecified atom stereocenters. The fraction of sp³-hybridized carbons (Fsp3) is 0.278. The van der Waals surface area contributed by atoms with E-state index in [0.29, 0.717) is 23.0 Å². The second-order valence-electron chi connectivity index (χ2n) is 11.2. The summed E-state index contributed by atoms with van der Waals surface area (Å²) in [4.78, 5) is 0. The Morgan fingerprint density at radius 2 is 1.21 bits per heavy atom. The first-order chi connectivity index (χ1) is 19.1. The van der Waals surface area contributed by atoms with Crippen LogP contribution in [0.2, 0.25) is 0 Å². The van der Waals surface area contributed by atoms with Crippen molar-refractivity contribution in [1.82, 2.24) is 0 Å². The first-order valence-electron chi connectivity index (χ1n) is 14.3. The van der Waals surface area contributed by atoms with Crippen LogP contribution in [0.3, 0.4) is 0 Å². The zero-order valence-corrected chi connectivity index (χ0v) is 22.3. The van der Waals surface area contributed by atoms with Crippen molar-refractivity contribution in [3.63, 3.8) is 0 Å². The second-order valence-corrected chi connectivity index (χ2v) is 11.2. The number of halogens is 1. The largest absolute Gasteiger partial charge is 0.437 e. The van der Waals surface area contributed by atoms with Gasteiger partial charge in [-0.15, -0.1) is 0 Å². The van der Waals surface area contributed by atoms with Gasteiger partial charge in [0.1, 0.15) is 11.5 Å². The number of benzene rings is 5. The Balaban J connectivity index is 1.31. The summed E-state index contributed by atoms with van der Waals surface area (Å²) in [6.45, 7) is 2.27. The van der Waals surface area contributed by atoms with E-state index in [1.54, 1.807) is 0 Å². The molecular weight excluding hydrogens is 483 g/mol. The molecule has 1 aliphatic carbocycles. The molecule has 1 fully saturated rings. The van der Waals surface area contributed by atoms with Crippen molar-refractivity contribution < 1.29 is 13.9 Å². The van der Waals surface area contributed by atoms with Gasteiger partial charge in [-0.05, 0) is 88.9 Å². The van der Waals surface area contributed by atoms with E-state index in [4.69, 9.17) is 9.47 Å². The van der Waals surface area contributed by atoms with Crippen LogP contribution in [0.1, 0.15) is 62.5 Å². The number of alkyl halides is 1. The van der Waals surface area contributed by atoms with Gasteiger partial charge in [-0.1, -0.05) is 92.6 Å². The van der Waals surface area contributed by atoms with E-state index in [2.05, 4.69) is 43.3 Å². The highest BCUT2D eigenvalue weighted by molar-refractivity contribution is 6.10. The summed E-state index contributed by atoms with van der Waals surface area (Å²) < 4.78 is 29.4. The Kier molecular flexibility index (Phi) is 6.03. The number of fused-ring (bicyclic) bond motifs is 7. The van der Waals surface area contributed by atoms with Gasteiger partial charge in [0.25, 0.3) is 0 Å². The molecule has 0 bridgehead atoms. The van der Waals surface area contributed by atoms with Gasteiger partial charge in [0.2, 0.25) is 0 Å². The molecule has 2 nitrogen and oxygen atoms in total. The molecule has 5 aromatic rings. The summed E-state index contributed by atoms with van der Waals surface area (Å²) in [6, 6.07) is 29.4. The van der Waals surface area contributed by atoms with Crippen molar-refractivity contribution in [3.05, 3.63) is 108 Å². The molecule has 7 rings (SSSR count). The Bertz CT molecular complexity index is 1560. The van der Waals surface area contributed by atoms with E-state index >= 15 is 4.39 Å². The van der Waals surface area contributed by atoms with Crippen molar-refractivity contribution in [2.24, 2.45) is 5.92 Å². The van der Waals surface area contributed by atoms with Crippen LogP contribution >= 0.6 is 0 Å². The zero-order chi connectivity index (χ0) is 26.4. The van der Waals surface area contributed by atoms with Crippen LogP contribution in [-0.2, 0) is 6.04 Å². The fourth-order valence-electron chi connectivity index (χ4n) is 6.76. The molecule has 0 atom stereocenters. The minimum Gasteiger partial charge on any atom is -0.422 e. The monoisotopic (exact) mass is 516 g/mol. The third-order valence-electron chi connectivity index (χ3n) is 8.78. The van der Waals surface area contributed by atoms with E-state index in [1.165, 1.54) is 44.1 Å². The van der Waals surface area contributed by atoms with Gasteiger partial charge in [-0.25, -0.2) is 0 Å². The molecule has 3 heteroatoms. The maximum Gasteiger partial charge on any atom is 0.437 e. The lowest BCUT2D eigenvalue weighted by Gasteiger charge is -2.29. The fourth-order valence-corrected chi connectivity index (χ4v) is 6.76. The second kappa shape index (κ2) is 9.72. The molecule has 1 saturated carbocycles. The van der Waals surface area contributed by atoms with Crippen LogP contribution in [0.25, 0.3) is 32.7 Å².